The van der Waals surface area contributed by atoms with Gasteiger partial charge in [-0.2, -0.15) is 0 Å². The molecule has 0 heterocycles. The molecule has 16 aliphatic rings. The molecule has 0 heteroatoms. The summed E-state index contributed by atoms with van der Waals surface area (Å²) < 4.78 is 0. The highest BCUT2D eigenvalue weighted by atomic mass is 15.0. The fourth-order valence-electron chi connectivity index (χ4n) is 22.9. The maximum absolute atomic E-state index is 2.62. The Labute approximate surface area is 228 Å². The largest absolute Gasteiger partial charge is 0.0620 e. The van der Waals surface area contributed by atoms with Crippen molar-refractivity contribution in [1.82, 2.24) is 0 Å². The first kappa shape index (κ1) is 18.5. The van der Waals surface area contributed by atoms with Crippen molar-refractivity contribution in [1.29, 1.82) is 0 Å². The van der Waals surface area contributed by atoms with E-state index < -0.39 is 0 Å². The molecule has 0 saturated heterocycles. The summed E-state index contributed by atoms with van der Waals surface area (Å²) in [5.74, 6) is 42.8. The van der Waals surface area contributed by atoms with Crippen LogP contribution in [0, 0.1) is 201 Å². The van der Waals surface area contributed by atoms with Gasteiger partial charge < -0.3 is 0 Å². The minimum atomic E-state index is 1.09. The van der Waals surface area contributed by atoms with Crippen molar-refractivity contribution in [3.05, 3.63) is 0 Å². The summed E-state index contributed by atoms with van der Waals surface area (Å²) in [5, 5.41) is 0. The Kier molecular flexibility index (Phi) is 2.25. The molecule has 0 spiro atoms. The van der Waals surface area contributed by atoms with Gasteiger partial charge in [0.05, 0.1) is 0 Å². The van der Waals surface area contributed by atoms with E-state index in [2.05, 4.69) is 27.7 Å². The highest BCUT2D eigenvalue weighted by molar-refractivity contribution is 5.43. The van der Waals surface area contributed by atoms with Crippen molar-refractivity contribution in [2.45, 2.75) is 27.7 Å². The molecule has 198 valence electrons. The maximum atomic E-state index is 2.62. The number of hydrogen-bond acceptors (Lipinski definition) is 0. The first-order chi connectivity index (χ1) is 18.6. The molecule has 0 bridgehead atoms. The Hall–Kier alpha value is 0. The van der Waals surface area contributed by atoms with Crippen LogP contribution in [0.15, 0.2) is 0 Å². The lowest BCUT2D eigenvalue weighted by molar-refractivity contribution is -0.538. The van der Waals surface area contributed by atoms with Gasteiger partial charge in [-0.05, 0) is 201 Å². The van der Waals surface area contributed by atoms with E-state index in [9.17, 15) is 0 Å². The van der Waals surface area contributed by atoms with Crippen LogP contribution in [0.25, 0.3) is 0 Å². The van der Waals surface area contributed by atoms with Crippen LogP contribution in [-0.2, 0) is 0 Å². The van der Waals surface area contributed by atoms with Crippen LogP contribution in [-0.4, -0.2) is 0 Å². The Bertz CT molecular complexity index is 1160. The van der Waals surface area contributed by atoms with Crippen LogP contribution in [0.5, 0.6) is 0 Å². The summed E-state index contributed by atoms with van der Waals surface area (Å²) in [7, 11) is 0. The van der Waals surface area contributed by atoms with E-state index in [1.165, 1.54) is 178 Å². The second-order valence-corrected chi connectivity index (χ2v) is 20.8. The molecule has 16 rings (SSSR count). The van der Waals surface area contributed by atoms with Crippen LogP contribution in [0.2, 0.25) is 0 Å². The molecular formula is C38H46. The molecule has 0 aromatic rings. The molecule has 0 N–H and O–H groups in total. The lowest BCUT2D eigenvalue weighted by Crippen LogP contribution is -2.97. The van der Waals surface area contributed by atoms with Crippen molar-refractivity contribution >= 4 is 0 Å². The number of hydrogen-bond donors (Lipinski definition) is 0. The molecular weight excluding hydrogens is 456 g/mol. The molecule has 16 aliphatic carbocycles. The third kappa shape index (κ3) is 1.15. The average Bonchev–Trinajstić information content (AvgIpc) is 2.85. The molecule has 32 atom stereocenters. The van der Waals surface area contributed by atoms with Gasteiger partial charge in [0.1, 0.15) is 0 Å². The molecule has 0 aromatic carbocycles. The Morgan fingerprint density at radius 3 is 0.316 bits per heavy atom. The standard InChI is InChI=1S/C38H46/c1-5-6(2)10-9(5)13-14(10)18-17(13)21-22(18)26-25(21)29-30(26)34-33(29)37-35-31-27-23-19-15-11-7(3)8(4)12(11)16(15)20(19)24(23)28(27)32(31)36(35)38(34)37/h5-38H,1-4H3. The molecule has 0 amide bonds. The van der Waals surface area contributed by atoms with E-state index >= 15 is 0 Å². The van der Waals surface area contributed by atoms with Crippen LogP contribution in [0.3, 0.4) is 0 Å². The van der Waals surface area contributed by atoms with E-state index in [4.69, 9.17) is 0 Å². The third-order valence-electron chi connectivity index (χ3n) is 23.2. The molecule has 16 fully saturated rings. The number of fused-ring (bicyclic) bond motifs is 43. The van der Waals surface area contributed by atoms with E-state index in [-0.39, 0.29) is 0 Å². The molecule has 0 aliphatic heterocycles. The summed E-state index contributed by atoms with van der Waals surface area (Å²) in [6.07, 6.45) is 0. The summed E-state index contributed by atoms with van der Waals surface area (Å²) in [6, 6.07) is 0. The fourth-order valence-corrected chi connectivity index (χ4v) is 22.9. The van der Waals surface area contributed by atoms with Gasteiger partial charge in [-0.3, -0.25) is 0 Å². The van der Waals surface area contributed by atoms with E-state index in [0.29, 0.717) is 0 Å². The normalized spacial score (nSPS) is 96.9. The van der Waals surface area contributed by atoms with Crippen LogP contribution in [0.4, 0.5) is 0 Å². The maximum Gasteiger partial charge on any atom is -0.0312 e. The van der Waals surface area contributed by atoms with E-state index in [1.54, 1.807) is 0 Å². The summed E-state index contributed by atoms with van der Waals surface area (Å²) in [4.78, 5) is 0. The molecule has 0 radical (unpaired) electrons. The lowest BCUT2D eigenvalue weighted by Gasteiger charge is -3.00. The number of rotatable bonds is 0. The quantitative estimate of drug-likeness (QED) is 0.344. The first-order valence-electron chi connectivity index (χ1n) is 18.6. The fraction of sp³-hybridized carbons (Fsp3) is 1.00. The Morgan fingerprint density at radius 1 is 0.132 bits per heavy atom. The monoisotopic (exact) mass is 502 g/mol. The second kappa shape index (κ2) is 4.61. The lowest BCUT2D eigenvalue weighted by atomic mass is 9.04. The average molecular weight is 503 g/mol. The van der Waals surface area contributed by atoms with E-state index in [0.717, 1.165) is 23.7 Å². The third-order valence-corrected chi connectivity index (χ3v) is 23.2. The highest BCUT2D eigenvalue weighted by Gasteiger charge is 2.97. The summed E-state index contributed by atoms with van der Waals surface area (Å²) in [6.45, 7) is 10.5. The van der Waals surface area contributed by atoms with Crippen molar-refractivity contribution in [3.63, 3.8) is 0 Å². The van der Waals surface area contributed by atoms with Gasteiger partial charge in [0.2, 0.25) is 0 Å². The van der Waals surface area contributed by atoms with Gasteiger partial charge in [0.25, 0.3) is 0 Å². The van der Waals surface area contributed by atoms with Gasteiger partial charge in [0.15, 0.2) is 0 Å². The van der Waals surface area contributed by atoms with Gasteiger partial charge in [0, 0.05) is 0 Å². The van der Waals surface area contributed by atoms with Crippen LogP contribution >= 0.6 is 0 Å². The topological polar surface area (TPSA) is 0 Å². The smallest absolute Gasteiger partial charge is 0.0312 e. The summed E-state index contributed by atoms with van der Waals surface area (Å²) >= 11 is 0. The van der Waals surface area contributed by atoms with Gasteiger partial charge in [-0.25, -0.2) is 0 Å². The van der Waals surface area contributed by atoms with Crippen molar-refractivity contribution < 1.29 is 0 Å². The van der Waals surface area contributed by atoms with Crippen molar-refractivity contribution in [3.8, 4) is 0 Å². The van der Waals surface area contributed by atoms with Crippen LogP contribution in [0.1, 0.15) is 27.7 Å². The SMILES string of the molecule is CC1C(C)C2C1C1C2C2C1C1C2C2C1C1C2C2C1C1C3C4C5C6C7C8C9C(C)C(C)C9C8C7C6C5C4C3C21. The molecule has 32 unspecified atom stereocenters. The Morgan fingerprint density at radius 2 is 0.211 bits per heavy atom. The minimum Gasteiger partial charge on any atom is -0.0620 e. The van der Waals surface area contributed by atoms with Gasteiger partial charge >= 0.3 is 0 Å². The van der Waals surface area contributed by atoms with Gasteiger partial charge in [-0.15, -0.1) is 0 Å². The molecule has 0 nitrogen and oxygen atoms in total. The zero-order valence-corrected chi connectivity index (χ0v) is 23.6. The molecule has 38 heavy (non-hydrogen) atoms. The van der Waals surface area contributed by atoms with Crippen molar-refractivity contribution in [2.75, 3.05) is 0 Å². The van der Waals surface area contributed by atoms with Crippen molar-refractivity contribution in [2.24, 2.45) is 201 Å². The van der Waals surface area contributed by atoms with Gasteiger partial charge in [-0.1, -0.05) is 27.7 Å². The predicted octanol–water partition coefficient (Wildman–Crippen LogP) is 6.23. The van der Waals surface area contributed by atoms with E-state index in [1.807, 2.05) is 0 Å². The second-order valence-electron chi connectivity index (χ2n) is 20.8. The summed E-state index contributed by atoms with van der Waals surface area (Å²) in [5.41, 5.74) is 0. The highest BCUT2D eigenvalue weighted by Crippen LogP contribution is 3.00. The first-order valence-corrected chi connectivity index (χ1v) is 18.6. The Balaban J connectivity index is 0.679. The minimum absolute atomic E-state index is 1.09. The molecule has 0 aromatic heterocycles. The van der Waals surface area contributed by atoms with Crippen LogP contribution < -0.4 is 0 Å². The zero-order valence-electron chi connectivity index (χ0n) is 23.6. The predicted molar refractivity (Wildman–Crippen MR) is 141 cm³/mol. The zero-order chi connectivity index (χ0) is 23.6. The molecule has 16 saturated carbocycles.